The monoisotopic (exact) mass is 539 g/mol. The predicted octanol–water partition coefficient (Wildman–Crippen LogP) is 3.87. The number of aromatic nitrogens is 5. The van der Waals surface area contributed by atoms with E-state index in [1.165, 1.54) is 22.5 Å². The van der Waals surface area contributed by atoms with Crippen molar-refractivity contribution >= 4 is 44.4 Å². The van der Waals surface area contributed by atoms with Gasteiger partial charge in [0.15, 0.2) is 5.69 Å². The molecule has 0 saturated carbocycles. The number of piperidine rings is 1. The van der Waals surface area contributed by atoms with Crippen molar-refractivity contribution < 1.29 is 4.79 Å². The van der Waals surface area contributed by atoms with Crippen LogP contribution in [0.1, 0.15) is 39.8 Å². The lowest BCUT2D eigenvalue weighted by Gasteiger charge is -2.43. The summed E-state index contributed by atoms with van der Waals surface area (Å²) in [7, 11) is 0. The van der Waals surface area contributed by atoms with Crippen molar-refractivity contribution in [3.05, 3.63) is 81.5 Å². The van der Waals surface area contributed by atoms with Crippen molar-refractivity contribution in [1.29, 1.82) is 0 Å². The Balaban J connectivity index is 1.10. The molecule has 1 saturated heterocycles. The molecule has 10 heteroatoms. The fourth-order valence-corrected chi connectivity index (χ4v) is 7.25. The van der Waals surface area contributed by atoms with Crippen LogP contribution in [-0.2, 0) is 13.1 Å². The van der Waals surface area contributed by atoms with Crippen LogP contribution in [0.3, 0.4) is 0 Å². The number of hydrogen-bond acceptors (Lipinski definition) is 7. The molecule has 9 nitrogen and oxygen atoms in total. The van der Waals surface area contributed by atoms with Gasteiger partial charge in [-0.05, 0) is 49.9 Å². The van der Waals surface area contributed by atoms with Crippen molar-refractivity contribution in [3.63, 3.8) is 0 Å². The molecule has 0 radical (unpaired) electrons. The maximum absolute atomic E-state index is 13.3. The second-order valence-electron chi connectivity index (χ2n) is 10.7. The summed E-state index contributed by atoms with van der Waals surface area (Å²) in [4.78, 5) is 32.8. The van der Waals surface area contributed by atoms with Gasteiger partial charge >= 0.3 is 0 Å². The molecule has 1 fully saturated rings. The van der Waals surface area contributed by atoms with Crippen molar-refractivity contribution in [2.75, 3.05) is 24.5 Å². The average Bonchev–Trinajstić information content (AvgIpc) is 3.53. The van der Waals surface area contributed by atoms with E-state index < -0.39 is 0 Å². The summed E-state index contributed by atoms with van der Waals surface area (Å²) in [6, 6.07) is 16.0. The zero-order chi connectivity index (χ0) is 26.7. The van der Waals surface area contributed by atoms with Gasteiger partial charge in [0.1, 0.15) is 10.6 Å². The third kappa shape index (κ3) is 4.01. The van der Waals surface area contributed by atoms with Crippen LogP contribution in [-0.4, -0.2) is 49.2 Å². The van der Waals surface area contributed by atoms with Gasteiger partial charge in [-0.15, -0.1) is 5.10 Å². The molecule has 1 aromatic carbocycles. The third-order valence-electron chi connectivity index (χ3n) is 8.12. The zero-order valence-electron chi connectivity index (χ0n) is 21.9. The Morgan fingerprint density at radius 2 is 1.97 bits per heavy atom. The van der Waals surface area contributed by atoms with Gasteiger partial charge in [0.2, 0.25) is 0 Å². The fourth-order valence-electron chi connectivity index (χ4n) is 6.57. The number of rotatable bonds is 5. The van der Waals surface area contributed by atoms with Crippen LogP contribution >= 0.6 is 11.5 Å². The largest absolute Gasteiger partial charge is 0.359 e. The van der Waals surface area contributed by atoms with E-state index in [2.05, 4.69) is 61.6 Å². The van der Waals surface area contributed by atoms with E-state index in [9.17, 15) is 9.59 Å². The molecule has 1 amide bonds. The Labute approximate surface area is 229 Å². The Morgan fingerprint density at radius 3 is 2.87 bits per heavy atom. The highest BCUT2D eigenvalue weighted by Gasteiger charge is 2.36. The summed E-state index contributed by atoms with van der Waals surface area (Å²) < 4.78 is 8.26. The molecule has 2 aliphatic rings. The third-order valence-corrected chi connectivity index (χ3v) is 8.91. The highest BCUT2D eigenvalue weighted by atomic mass is 32.1. The number of para-hydroxylation sites is 1. The van der Waals surface area contributed by atoms with Gasteiger partial charge in [-0.1, -0.05) is 28.8 Å². The van der Waals surface area contributed by atoms with Gasteiger partial charge in [0.25, 0.3) is 11.5 Å². The number of benzene rings is 1. The zero-order valence-corrected chi connectivity index (χ0v) is 22.7. The van der Waals surface area contributed by atoms with Gasteiger partial charge < -0.3 is 19.4 Å². The molecular formula is C29H29N7O2S. The number of pyridine rings is 2. The van der Waals surface area contributed by atoms with Gasteiger partial charge in [-0.3, -0.25) is 9.59 Å². The minimum absolute atomic E-state index is 0.0685. The summed E-state index contributed by atoms with van der Waals surface area (Å²) in [6.07, 6.45) is 1.06. The normalized spacial score (nSPS) is 18.5. The quantitative estimate of drug-likeness (QED) is 0.364. The molecule has 0 spiro atoms. The van der Waals surface area contributed by atoms with Crippen LogP contribution in [0.5, 0.6) is 0 Å². The summed E-state index contributed by atoms with van der Waals surface area (Å²) in [6.45, 7) is 7.42. The smallest absolute Gasteiger partial charge is 0.275 e. The van der Waals surface area contributed by atoms with Crippen LogP contribution in [0.4, 0.5) is 5.00 Å². The van der Waals surface area contributed by atoms with Crippen molar-refractivity contribution in [2.45, 2.75) is 39.3 Å². The minimum atomic E-state index is -0.216. The summed E-state index contributed by atoms with van der Waals surface area (Å²) in [5.41, 5.74) is 5.75. The molecule has 1 N–H and O–H groups in total. The molecule has 4 aromatic heterocycles. The number of nitrogens with one attached hydrogen (secondary N) is 1. The highest BCUT2D eigenvalue weighted by molar-refractivity contribution is 7.10. The molecule has 2 atom stereocenters. The molecule has 198 valence electrons. The maximum atomic E-state index is 13.3. The Bertz CT molecular complexity index is 1800. The maximum Gasteiger partial charge on any atom is 0.275 e. The Morgan fingerprint density at radius 1 is 1.10 bits per heavy atom. The second kappa shape index (κ2) is 9.30. The predicted molar refractivity (Wildman–Crippen MR) is 153 cm³/mol. The standard InChI is InChI=1S/C29H29N7O2S/c1-17-12-18(2)31-27-25(17)21-6-3-4-7-23(21)35(27)11-10-30-28(38)26-29(39-33-32-26)34-14-19-13-20(16-34)22-8-5-9-24(37)36(22)15-19/h3-9,12,19-20H,10-11,13-16H2,1-2H3,(H,30,38). The first-order valence-electron chi connectivity index (χ1n) is 13.4. The first kappa shape index (κ1) is 24.0. The van der Waals surface area contributed by atoms with E-state index in [1.807, 2.05) is 23.6 Å². The van der Waals surface area contributed by atoms with Crippen LogP contribution in [0, 0.1) is 19.8 Å². The van der Waals surface area contributed by atoms with Crippen LogP contribution in [0.25, 0.3) is 21.9 Å². The molecule has 2 bridgehead atoms. The molecule has 5 aromatic rings. The lowest BCUT2D eigenvalue weighted by molar-refractivity contribution is 0.0947. The van der Waals surface area contributed by atoms with Crippen molar-refractivity contribution in [3.8, 4) is 0 Å². The van der Waals surface area contributed by atoms with E-state index in [1.54, 1.807) is 6.07 Å². The van der Waals surface area contributed by atoms with E-state index >= 15 is 0 Å². The topological polar surface area (TPSA) is 97.9 Å². The van der Waals surface area contributed by atoms with Crippen LogP contribution < -0.4 is 15.8 Å². The van der Waals surface area contributed by atoms with Crippen molar-refractivity contribution in [1.82, 2.24) is 29.0 Å². The number of carbonyl (C=O) groups excluding carboxylic acids is 1. The molecular weight excluding hydrogens is 510 g/mol. The first-order valence-corrected chi connectivity index (χ1v) is 14.2. The van der Waals surface area contributed by atoms with Crippen LogP contribution in [0.2, 0.25) is 0 Å². The van der Waals surface area contributed by atoms with Gasteiger partial charge in [0, 0.05) is 78.4 Å². The summed E-state index contributed by atoms with van der Waals surface area (Å²) in [5, 5.41) is 10.4. The summed E-state index contributed by atoms with van der Waals surface area (Å²) >= 11 is 1.27. The first-order chi connectivity index (χ1) is 19.0. The van der Waals surface area contributed by atoms with Crippen LogP contribution in [0.15, 0.2) is 53.3 Å². The number of amides is 1. The Kier molecular flexibility index (Phi) is 5.73. The molecule has 0 aliphatic carbocycles. The highest BCUT2D eigenvalue weighted by Crippen LogP contribution is 2.38. The van der Waals surface area contributed by atoms with E-state index in [0.717, 1.165) is 52.4 Å². The summed E-state index contributed by atoms with van der Waals surface area (Å²) in [5.74, 6) is 0.385. The lowest BCUT2D eigenvalue weighted by Crippen LogP contribution is -2.47. The number of fused-ring (bicyclic) bond motifs is 7. The number of aryl methyl sites for hydroxylation is 2. The lowest BCUT2D eigenvalue weighted by atomic mass is 9.83. The van der Waals surface area contributed by atoms with E-state index in [4.69, 9.17) is 4.98 Å². The van der Waals surface area contributed by atoms with Gasteiger partial charge in [-0.25, -0.2) is 4.98 Å². The molecule has 6 heterocycles. The number of nitrogens with zero attached hydrogens (tertiary/aromatic N) is 6. The van der Waals surface area contributed by atoms with E-state index in [0.29, 0.717) is 31.2 Å². The molecule has 2 aliphatic heterocycles. The van der Waals surface area contributed by atoms with Gasteiger partial charge in [0.05, 0.1) is 5.52 Å². The molecule has 7 rings (SSSR count). The Hall–Kier alpha value is -4.05. The van der Waals surface area contributed by atoms with Gasteiger partial charge in [-0.2, -0.15) is 0 Å². The van der Waals surface area contributed by atoms with Crippen molar-refractivity contribution in [2.24, 2.45) is 5.92 Å². The minimum Gasteiger partial charge on any atom is -0.359 e. The average molecular weight is 540 g/mol. The second-order valence-corrected chi connectivity index (χ2v) is 11.5. The number of hydrogen-bond donors (Lipinski definition) is 1. The van der Waals surface area contributed by atoms with E-state index in [-0.39, 0.29) is 17.4 Å². The molecule has 2 unspecified atom stereocenters. The fraction of sp³-hybridized carbons (Fsp3) is 0.345. The number of carbonyl (C=O) groups is 1. The number of anilines is 1. The molecule has 39 heavy (non-hydrogen) atoms. The SMILES string of the molecule is Cc1cc(C)c2c3ccccc3n(CCNC(=O)c3nnsc3N3CC4CC(C3)c3cccc(=O)n3C4)c2n1.